The molecule has 4 nitrogen and oxygen atoms in total. The smallest absolute Gasteiger partial charge is 0.353 e. The van der Waals surface area contributed by atoms with Crippen molar-refractivity contribution in [1.82, 2.24) is 9.97 Å². The minimum atomic E-state index is -0.999. The van der Waals surface area contributed by atoms with E-state index in [0.717, 1.165) is 14.2 Å². The fourth-order valence-corrected chi connectivity index (χ4v) is 2.62. The van der Waals surface area contributed by atoms with Gasteiger partial charge in [0.25, 0.3) is 0 Å². The quantitative estimate of drug-likeness (QED) is 0.892. The predicted molar refractivity (Wildman–Crippen MR) is 61.3 cm³/mol. The molecule has 0 amide bonds. The van der Waals surface area contributed by atoms with Gasteiger partial charge in [0.2, 0.25) is 0 Å². The third kappa shape index (κ3) is 1.95. The molecular formula is C9H7BrN2O2S. The molecule has 0 bridgehead atoms. The van der Waals surface area contributed by atoms with Crippen LogP contribution in [0.2, 0.25) is 0 Å². The number of aromatic nitrogens is 2. The molecule has 0 aromatic carbocycles. The van der Waals surface area contributed by atoms with E-state index in [0.29, 0.717) is 5.82 Å². The van der Waals surface area contributed by atoms with Crippen molar-refractivity contribution in [3.05, 3.63) is 27.3 Å². The van der Waals surface area contributed by atoms with E-state index in [1.165, 1.54) is 6.20 Å². The fourth-order valence-electron chi connectivity index (χ4n) is 1.13. The van der Waals surface area contributed by atoms with Gasteiger partial charge in [0.05, 0.1) is 11.1 Å². The van der Waals surface area contributed by atoms with Gasteiger partial charge in [-0.3, -0.25) is 0 Å². The van der Waals surface area contributed by atoms with Crippen molar-refractivity contribution in [2.75, 3.05) is 0 Å². The minimum Gasteiger partial charge on any atom is -0.477 e. The molecule has 0 radical (unpaired) electrons. The number of H-pyrrole nitrogens is 1. The predicted octanol–water partition coefficient (Wildman–Crippen LogP) is 2.91. The number of halogens is 1. The largest absolute Gasteiger partial charge is 0.477 e. The normalized spacial score (nSPS) is 10.5. The molecule has 0 aliphatic heterocycles. The maximum atomic E-state index is 10.6. The Hall–Kier alpha value is -1.14. The van der Waals surface area contributed by atoms with Gasteiger partial charge in [-0.15, -0.1) is 11.3 Å². The molecule has 2 aromatic rings. The maximum Gasteiger partial charge on any atom is 0.353 e. The summed E-state index contributed by atoms with van der Waals surface area (Å²) in [6.07, 6.45) is 1.32. The van der Waals surface area contributed by atoms with Crippen LogP contribution in [0.1, 0.15) is 15.4 Å². The first-order valence-electron chi connectivity index (χ1n) is 4.12. The second-order valence-electron chi connectivity index (χ2n) is 2.97. The number of hydrogen-bond donors (Lipinski definition) is 2. The number of carboxylic acid groups (broad SMARTS) is 1. The number of carbonyl (C=O) groups is 1. The Balaban J connectivity index is 2.41. The summed E-state index contributed by atoms with van der Waals surface area (Å²) in [5.74, 6) is -0.410. The summed E-state index contributed by atoms with van der Waals surface area (Å²) in [6, 6.07) is 1.92. The van der Waals surface area contributed by atoms with E-state index in [9.17, 15) is 4.79 Å². The molecule has 0 atom stereocenters. The molecule has 0 spiro atoms. The molecule has 0 unspecified atom stereocenters. The zero-order valence-corrected chi connectivity index (χ0v) is 10.1. The molecule has 2 N–H and O–H groups in total. The second kappa shape index (κ2) is 3.79. The number of nitrogens with zero attached hydrogens (tertiary/aromatic N) is 1. The first-order valence-corrected chi connectivity index (χ1v) is 5.73. The average molecular weight is 287 g/mol. The third-order valence-electron chi connectivity index (χ3n) is 1.90. The lowest BCUT2D eigenvalue weighted by Crippen LogP contribution is -1.95. The number of thiophene rings is 1. The number of hydrogen-bond acceptors (Lipinski definition) is 3. The number of aromatic carboxylic acids is 1. The van der Waals surface area contributed by atoms with Crippen LogP contribution in [0.4, 0.5) is 0 Å². The van der Waals surface area contributed by atoms with Gasteiger partial charge in [-0.05, 0) is 28.9 Å². The van der Waals surface area contributed by atoms with E-state index in [1.54, 1.807) is 11.3 Å². The van der Waals surface area contributed by atoms with Crippen LogP contribution in [0, 0.1) is 6.92 Å². The number of nitrogens with one attached hydrogen (secondary N) is 1. The molecule has 0 saturated heterocycles. The zero-order chi connectivity index (χ0) is 11.0. The topological polar surface area (TPSA) is 66.0 Å². The Bertz CT molecular complexity index is 498. The van der Waals surface area contributed by atoms with Gasteiger partial charge in [0.15, 0.2) is 0 Å². The summed E-state index contributed by atoms with van der Waals surface area (Å²) in [7, 11) is 0. The molecule has 15 heavy (non-hydrogen) atoms. The van der Waals surface area contributed by atoms with E-state index < -0.39 is 5.97 Å². The van der Waals surface area contributed by atoms with Gasteiger partial charge in [-0.1, -0.05) is 0 Å². The van der Waals surface area contributed by atoms with E-state index in [2.05, 4.69) is 25.9 Å². The molecule has 78 valence electrons. The highest BCUT2D eigenvalue weighted by Gasteiger charge is 2.11. The van der Waals surface area contributed by atoms with Crippen molar-refractivity contribution in [3.8, 4) is 10.7 Å². The van der Waals surface area contributed by atoms with Gasteiger partial charge >= 0.3 is 5.97 Å². The van der Waals surface area contributed by atoms with Crippen molar-refractivity contribution in [2.24, 2.45) is 0 Å². The number of aryl methyl sites for hydroxylation is 1. The van der Waals surface area contributed by atoms with Gasteiger partial charge in [0, 0.05) is 9.35 Å². The van der Waals surface area contributed by atoms with Crippen LogP contribution in [-0.2, 0) is 0 Å². The standard InChI is InChI=1S/C9H7BrN2O2S/c1-4-5(10)2-7(15-4)8-11-3-6(12-8)9(13)14/h2-3H,1H3,(H,11,12)(H,13,14). The second-order valence-corrected chi connectivity index (χ2v) is 5.08. The Labute approximate surface area is 98.1 Å². The molecule has 6 heteroatoms. The van der Waals surface area contributed by atoms with Crippen LogP contribution in [0.3, 0.4) is 0 Å². The molecule has 2 rings (SSSR count). The Kier molecular flexibility index (Phi) is 2.62. The summed E-state index contributed by atoms with van der Waals surface area (Å²) in [5.41, 5.74) is 0.104. The summed E-state index contributed by atoms with van der Waals surface area (Å²) < 4.78 is 1.01. The molecule has 2 aromatic heterocycles. The van der Waals surface area contributed by atoms with Crippen molar-refractivity contribution < 1.29 is 9.90 Å². The van der Waals surface area contributed by atoms with Crippen LogP contribution in [-0.4, -0.2) is 21.0 Å². The number of rotatable bonds is 2. The van der Waals surface area contributed by atoms with E-state index in [4.69, 9.17) is 5.11 Å². The van der Waals surface area contributed by atoms with Crippen molar-refractivity contribution in [1.29, 1.82) is 0 Å². The first-order chi connectivity index (χ1) is 7.08. The lowest BCUT2D eigenvalue weighted by atomic mass is 10.4. The Morgan fingerprint density at radius 2 is 2.40 bits per heavy atom. The number of imidazole rings is 1. The first kappa shape index (κ1) is 10.4. The highest BCUT2D eigenvalue weighted by molar-refractivity contribution is 9.10. The Morgan fingerprint density at radius 3 is 2.87 bits per heavy atom. The van der Waals surface area contributed by atoms with E-state index in [-0.39, 0.29) is 5.69 Å². The van der Waals surface area contributed by atoms with Crippen molar-refractivity contribution in [2.45, 2.75) is 6.92 Å². The van der Waals surface area contributed by atoms with Crippen LogP contribution in [0.25, 0.3) is 10.7 Å². The average Bonchev–Trinajstić information content (AvgIpc) is 2.74. The van der Waals surface area contributed by atoms with Crippen molar-refractivity contribution >= 4 is 33.2 Å². The molecule has 0 aliphatic rings. The van der Waals surface area contributed by atoms with E-state index >= 15 is 0 Å². The maximum absolute atomic E-state index is 10.6. The fraction of sp³-hybridized carbons (Fsp3) is 0.111. The van der Waals surface area contributed by atoms with Gasteiger partial charge in [-0.2, -0.15) is 0 Å². The zero-order valence-electron chi connectivity index (χ0n) is 7.74. The summed E-state index contributed by atoms with van der Waals surface area (Å²) in [5, 5.41) is 8.73. The highest BCUT2D eigenvalue weighted by Crippen LogP contribution is 2.32. The third-order valence-corrected chi connectivity index (χ3v) is 4.04. The van der Waals surface area contributed by atoms with Crippen LogP contribution < -0.4 is 0 Å². The van der Waals surface area contributed by atoms with E-state index in [1.807, 2.05) is 13.0 Å². The number of aromatic amines is 1. The molecular weight excluding hydrogens is 280 g/mol. The van der Waals surface area contributed by atoms with Crippen LogP contribution in [0.15, 0.2) is 16.7 Å². The van der Waals surface area contributed by atoms with Crippen LogP contribution >= 0.6 is 27.3 Å². The summed E-state index contributed by atoms with van der Waals surface area (Å²) in [6.45, 7) is 1.99. The minimum absolute atomic E-state index is 0.104. The van der Waals surface area contributed by atoms with Gasteiger partial charge in [0.1, 0.15) is 11.5 Å². The highest BCUT2D eigenvalue weighted by atomic mass is 79.9. The van der Waals surface area contributed by atoms with Gasteiger partial charge in [-0.25, -0.2) is 9.78 Å². The molecule has 2 heterocycles. The monoisotopic (exact) mass is 286 g/mol. The summed E-state index contributed by atoms with van der Waals surface area (Å²) >= 11 is 4.96. The Morgan fingerprint density at radius 1 is 1.67 bits per heavy atom. The lowest BCUT2D eigenvalue weighted by molar-refractivity contribution is 0.0691. The van der Waals surface area contributed by atoms with Crippen molar-refractivity contribution in [3.63, 3.8) is 0 Å². The molecule has 0 fully saturated rings. The molecule has 0 saturated carbocycles. The lowest BCUT2D eigenvalue weighted by Gasteiger charge is -1.88. The van der Waals surface area contributed by atoms with Crippen LogP contribution in [0.5, 0.6) is 0 Å². The SMILES string of the molecule is Cc1sc(-c2ncc(C(=O)O)[nH]2)cc1Br. The summed E-state index contributed by atoms with van der Waals surface area (Å²) in [4.78, 5) is 19.5. The number of carboxylic acids is 1. The van der Waals surface area contributed by atoms with Gasteiger partial charge < -0.3 is 10.1 Å². The molecule has 0 aliphatic carbocycles.